The van der Waals surface area contributed by atoms with Gasteiger partial charge in [-0.3, -0.25) is 14.7 Å². The number of carbonyl (C=O) groups is 1. The van der Waals surface area contributed by atoms with Crippen LogP contribution in [0.25, 0.3) is 0 Å². The molecule has 1 aliphatic rings. The van der Waals surface area contributed by atoms with Crippen LogP contribution in [0.4, 0.5) is 14.5 Å². The lowest BCUT2D eigenvalue weighted by Gasteiger charge is -2.24. The van der Waals surface area contributed by atoms with Crippen LogP contribution in [0.1, 0.15) is 28.9 Å². The lowest BCUT2D eigenvalue weighted by Crippen LogP contribution is -2.32. The van der Waals surface area contributed by atoms with E-state index in [1.165, 1.54) is 28.7 Å². The summed E-state index contributed by atoms with van der Waals surface area (Å²) in [6.07, 6.45) is 3.05. The lowest BCUT2D eigenvalue weighted by molar-refractivity contribution is 0.0983. The summed E-state index contributed by atoms with van der Waals surface area (Å²) in [4.78, 5) is 18.7. The average molecular weight is 492 g/mol. The highest BCUT2D eigenvalue weighted by molar-refractivity contribution is 7.89. The number of rotatable bonds is 6. The standard InChI is InChI=1S/C23H20ClF2N3O3S/c24-20-8-7-18(33(31,32)28-11-3-4-12-28)14-19(20)23(30)29(15-17-5-1-2-10-27-17)22-9-6-16(25)13-21(22)26/h1-2,5-10,13-14H,3-4,11-12,15H2. The number of aromatic nitrogens is 1. The maximum absolute atomic E-state index is 14.7. The predicted molar refractivity (Wildman–Crippen MR) is 121 cm³/mol. The van der Waals surface area contributed by atoms with E-state index in [2.05, 4.69) is 4.98 Å². The number of sulfonamides is 1. The number of carbonyl (C=O) groups excluding carboxylic acids is 1. The molecule has 2 heterocycles. The van der Waals surface area contributed by atoms with Crippen LogP contribution < -0.4 is 4.90 Å². The zero-order valence-electron chi connectivity index (χ0n) is 17.4. The highest BCUT2D eigenvalue weighted by atomic mass is 35.5. The second kappa shape index (κ2) is 9.54. The number of anilines is 1. The van der Waals surface area contributed by atoms with E-state index in [0.717, 1.165) is 29.9 Å². The molecule has 1 aromatic heterocycles. The Bertz CT molecular complexity index is 1280. The molecule has 1 fully saturated rings. The lowest BCUT2D eigenvalue weighted by atomic mass is 10.1. The average Bonchev–Trinajstić information content (AvgIpc) is 3.34. The van der Waals surface area contributed by atoms with Crippen molar-refractivity contribution < 1.29 is 22.0 Å². The van der Waals surface area contributed by atoms with Gasteiger partial charge in [-0.15, -0.1) is 0 Å². The molecule has 10 heteroatoms. The van der Waals surface area contributed by atoms with Crippen LogP contribution in [0, 0.1) is 11.6 Å². The number of nitrogens with zero attached hydrogens (tertiary/aromatic N) is 3. The summed E-state index contributed by atoms with van der Waals surface area (Å²) < 4.78 is 55.5. The molecule has 0 atom stereocenters. The van der Waals surface area contributed by atoms with Crippen LogP contribution in [0.2, 0.25) is 5.02 Å². The maximum atomic E-state index is 14.7. The minimum Gasteiger partial charge on any atom is -0.299 e. The van der Waals surface area contributed by atoms with E-state index >= 15 is 0 Å². The van der Waals surface area contributed by atoms with Crippen molar-refractivity contribution >= 4 is 33.2 Å². The fourth-order valence-corrected chi connectivity index (χ4v) is 5.41. The van der Waals surface area contributed by atoms with E-state index in [1.54, 1.807) is 18.2 Å². The van der Waals surface area contributed by atoms with Gasteiger partial charge >= 0.3 is 0 Å². The fraction of sp³-hybridized carbons (Fsp3) is 0.217. The molecule has 0 radical (unpaired) electrons. The van der Waals surface area contributed by atoms with Crippen LogP contribution in [0.3, 0.4) is 0 Å². The van der Waals surface area contributed by atoms with Gasteiger partial charge in [-0.05, 0) is 55.3 Å². The summed E-state index contributed by atoms with van der Waals surface area (Å²) in [6, 6.07) is 11.8. The minimum atomic E-state index is -3.81. The van der Waals surface area contributed by atoms with Crippen LogP contribution in [-0.2, 0) is 16.6 Å². The molecule has 0 spiro atoms. The molecular formula is C23H20ClF2N3O3S. The van der Waals surface area contributed by atoms with Gasteiger partial charge in [0.05, 0.1) is 33.4 Å². The summed E-state index contributed by atoms with van der Waals surface area (Å²) in [5, 5.41) is 0.00825. The van der Waals surface area contributed by atoms with Crippen molar-refractivity contribution in [3.8, 4) is 0 Å². The Balaban J connectivity index is 1.77. The quantitative estimate of drug-likeness (QED) is 0.503. The van der Waals surface area contributed by atoms with Crippen LogP contribution in [0.5, 0.6) is 0 Å². The number of hydrogen-bond donors (Lipinski definition) is 0. The number of amides is 1. The van der Waals surface area contributed by atoms with Crippen LogP contribution in [0.15, 0.2) is 65.7 Å². The molecule has 2 aromatic carbocycles. The molecule has 1 amide bonds. The van der Waals surface area contributed by atoms with Gasteiger partial charge in [0.1, 0.15) is 11.6 Å². The van der Waals surface area contributed by atoms with Gasteiger partial charge in [0.15, 0.2) is 0 Å². The highest BCUT2D eigenvalue weighted by Gasteiger charge is 2.30. The van der Waals surface area contributed by atoms with Crippen molar-refractivity contribution in [1.29, 1.82) is 0 Å². The Morgan fingerprint density at radius 3 is 2.48 bits per heavy atom. The zero-order chi connectivity index (χ0) is 23.6. The summed E-state index contributed by atoms with van der Waals surface area (Å²) in [5.41, 5.74) is 0.152. The summed E-state index contributed by atoms with van der Waals surface area (Å²) in [7, 11) is -3.81. The van der Waals surface area contributed by atoms with Gasteiger partial charge in [-0.2, -0.15) is 4.31 Å². The highest BCUT2D eigenvalue weighted by Crippen LogP contribution is 2.29. The van der Waals surface area contributed by atoms with E-state index in [1.807, 2.05) is 0 Å². The molecular weight excluding hydrogens is 472 g/mol. The summed E-state index contributed by atoms with van der Waals surface area (Å²) in [5.74, 6) is -2.48. The third-order valence-corrected chi connectivity index (χ3v) is 7.59. The van der Waals surface area contributed by atoms with E-state index in [4.69, 9.17) is 11.6 Å². The largest absolute Gasteiger partial charge is 0.299 e. The fourth-order valence-electron chi connectivity index (χ4n) is 3.67. The number of hydrogen-bond acceptors (Lipinski definition) is 4. The number of halogens is 3. The maximum Gasteiger partial charge on any atom is 0.260 e. The zero-order valence-corrected chi connectivity index (χ0v) is 19.0. The van der Waals surface area contributed by atoms with Gasteiger partial charge in [0.2, 0.25) is 10.0 Å². The Morgan fingerprint density at radius 1 is 1.06 bits per heavy atom. The normalized spacial score (nSPS) is 14.4. The summed E-state index contributed by atoms with van der Waals surface area (Å²) in [6.45, 7) is 0.670. The van der Waals surface area contributed by atoms with Crippen molar-refractivity contribution in [2.24, 2.45) is 0 Å². The molecule has 0 unspecified atom stereocenters. The SMILES string of the molecule is O=C(c1cc(S(=O)(=O)N2CCCC2)ccc1Cl)N(Cc1ccccn1)c1ccc(F)cc1F. The van der Waals surface area contributed by atoms with E-state index in [-0.39, 0.29) is 27.7 Å². The topological polar surface area (TPSA) is 70.6 Å². The second-order valence-electron chi connectivity index (χ2n) is 7.56. The molecule has 1 saturated heterocycles. The first-order valence-corrected chi connectivity index (χ1v) is 12.1. The molecule has 3 aromatic rings. The minimum absolute atomic E-state index is 0.00825. The van der Waals surface area contributed by atoms with Gasteiger partial charge in [-0.1, -0.05) is 17.7 Å². The Labute approximate surface area is 195 Å². The smallest absolute Gasteiger partial charge is 0.260 e. The Kier molecular flexibility index (Phi) is 6.73. The van der Waals surface area contributed by atoms with Gasteiger partial charge < -0.3 is 0 Å². The Hall–Kier alpha value is -2.88. The molecule has 6 nitrogen and oxygen atoms in total. The van der Waals surface area contributed by atoms with E-state index < -0.39 is 27.6 Å². The number of benzene rings is 2. The molecule has 172 valence electrons. The molecule has 1 aliphatic heterocycles. The monoisotopic (exact) mass is 491 g/mol. The van der Waals surface area contributed by atoms with Gasteiger partial charge in [0, 0.05) is 25.4 Å². The Morgan fingerprint density at radius 2 is 1.82 bits per heavy atom. The molecule has 4 rings (SSSR count). The van der Waals surface area contributed by atoms with Crippen molar-refractivity contribution in [2.75, 3.05) is 18.0 Å². The van der Waals surface area contributed by atoms with Gasteiger partial charge in [-0.25, -0.2) is 17.2 Å². The third-order valence-electron chi connectivity index (χ3n) is 5.36. The van der Waals surface area contributed by atoms with Gasteiger partial charge in [0.25, 0.3) is 5.91 Å². The van der Waals surface area contributed by atoms with Crippen molar-refractivity contribution in [1.82, 2.24) is 9.29 Å². The van der Waals surface area contributed by atoms with E-state index in [0.29, 0.717) is 24.8 Å². The molecule has 0 bridgehead atoms. The van der Waals surface area contributed by atoms with Crippen LogP contribution in [-0.4, -0.2) is 36.7 Å². The van der Waals surface area contributed by atoms with Crippen molar-refractivity contribution in [3.63, 3.8) is 0 Å². The summed E-state index contributed by atoms with van der Waals surface area (Å²) >= 11 is 6.28. The van der Waals surface area contributed by atoms with E-state index in [9.17, 15) is 22.0 Å². The van der Waals surface area contributed by atoms with Crippen LogP contribution >= 0.6 is 11.6 Å². The molecule has 0 saturated carbocycles. The predicted octanol–water partition coefficient (Wildman–Crippen LogP) is 4.64. The van der Waals surface area contributed by atoms with Crippen molar-refractivity contribution in [3.05, 3.63) is 88.7 Å². The molecule has 33 heavy (non-hydrogen) atoms. The van der Waals surface area contributed by atoms with Crippen molar-refractivity contribution in [2.45, 2.75) is 24.3 Å². The number of pyridine rings is 1. The first-order valence-electron chi connectivity index (χ1n) is 10.2. The molecule has 0 aliphatic carbocycles. The first-order chi connectivity index (χ1) is 15.8. The molecule has 0 N–H and O–H groups in total. The first kappa shape index (κ1) is 23.3. The third kappa shape index (κ3) is 4.90. The second-order valence-corrected chi connectivity index (χ2v) is 9.91.